The molecule has 62 valence electrons. The van der Waals surface area contributed by atoms with E-state index in [4.69, 9.17) is 15.4 Å². The van der Waals surface area contributed by atoms with E-state index < -0.39 is 9.05 Å². The fourth-order valence-electron chi connectivity index (χ4n) is 0.383. The maximum atomic E-state index is 10.3. The highest BCUT2D eigenvalue weighted by molar-refractivity contribution is 8.13. The number of ether oxygens (including phenoxy) is 1. The molecule has 0 spiro atoms. The molecule has 0 aromatic rings. The Hall–Kier alpha value is 0.200. The highest BCUT2D eigenvalue weighted by Gasteiger charge is 2.04. The van der Waals surface area contributed by atoms with Crippen LogP contribution in [0.15, 0.2) is 0 Å². The normalized spacial score (nSPS) is 12.4. The van der Waals surface area contributed by atoms with Gasteiger partial charge in [-0.1, -0.05) is 0 Å². The molecule has 0 rings (SSSR count). The van der Waals surface area contributed by atoms with E-state index in [2.05, 4.69) is 0 Å². The summed E-state index contributed by atoms with van der Waals surface area (Å²) in [6.07, 6.45) is 0.0541. The van der Waals surface area contributed by atoms with Crippen molar-refractivity contribution < 1.29 is 13.2 Å². The molecule has 0 heterocycles. The zero-order chi connectivity index (χ0) is 8.20. The Morgan fingerprint density at radius 3 is 2.30 bits per heavy atom. The Morgan fingerprint density at radius 2 is 2.00 bits per heavy atom. The third-order valence-electron chi connectivity index (χ3n) is 0.778. The minimum Gasteiger partial charge on any atom is -0.378 e. The summed E-state index contributed by atoms with van der Waals surface area (Å²) >= 11 is 0. The molecule has 0 aliphatic carbocycles. The van der Waals surface area contributed by atoms with Crippen molar-refractivity contribution in [3.8, 4) is 0 Å². The summed E-state index contributed by atoms with van der Waals surface area (Å²) in [5.41, 5.74) is 0. The molecule has 0 saturated carbocycles. The monoisotopic (exact) mass is 186 g/mol. The second-order valence-electron chi connectivity index (χ2n) is 2.16. The maximum absolute atomic E-state index is 10.3. The van der Waals surface area contributed by atoms with Gasteiger partial charge in [-0.15, -0.1) is 0 Å². The largest absolute Gasteiger partial charge is 0.378 e. The summed E-state index contributed by atoms with van der Waals surface area (Å²) in [5.74, 6) is -0.118. The first-order chi connectivity index (χ1) is 4.42. The lowest BCUT2D eigenvalue weighted by Gasteiger charge is -2.04. The van der Waals surface area contributed by atoms with Gasteiger partial charge in [-0.2, -0.15) is 0 Å². The van der Waals surface area contributed by atoms with Crippen LogP contribution in [0, 0.1) is 0 Å². The molecule has 3 nitrogen and oxygen atoms in total. The minimum atomic E-state index is -3.37. The minimum absolute atomic E-state index is 0.0541. The fourth-order valence-corrected chi connectivity index (χ4v) is 0.868. The van der Waals surface area contributed by atoms with Crippen LogP contribution in [-0.2, 0) is 13.8 Å². The molecule has 0 aliphatic heterocycles. The summed E-state index contributed by atoms with van der Waals surface area (Å²) in [6.45, 7) is 3.84. The standard InChI is InChI=1S/C5H11ClO3S/c1-5(2)9-3-4-10(6,7)8/h5H,3-4H2,1-2H3. The Morgan fingerprint density at radius 1 is 1.50 bits per heavy atom. The van der Waals surface area contributed by atoms with Crippen molar-refractivity contribution in [2.45, 2.75) is 20.0 Å². The van der Waals surface area contributed by atoms with Gasteiger partial charge in [-0.3, -0.25) is 0 Å². The van der Waals surface area contributed by atoms with Gasteiger partial charge in [-0.25, -0.2) is 8.42 Å². The van der Waals surface area contributed by atoms with Crippen LogP contribution in [0.1, 0.15) is 13.8 Å². The fraction of sp³-hybridized carbons (Fsp3) is 1.00. The predicted molar refractivity (Wildman–Crippen MR) is 40.7 cm³/mol. The van der Waals surface area contributed by atoms with E-state index in [0.29, 0.717) is 0 Å². The molecular formula is C5H11ClO3S. The van der Waals surface area contributed by atoms with Gasteiger partial charge < -0.3 is 4.74 Å². The van der Waals surface area contributed by atoms with Crippen LogP contribution in [0.4, 0.5) is 0 Å². The predicted octanol–water partition coefficient (Wildman–Crippen LogP) is 0.980. The van der Waals surface area contributed by atoms with Gasteiger partial charge in [0, 0.05) is 10.7 Å². The molecule has 0 aliphatic rings. The van der Waals surface area contributed by atoms with Crippen molar-refractivity contribution in [2.24, 2.45) is 0 Å². The van der Waals surface area contributed by atoms with E-state index >= 15 is 0 Å². The van der Waals surface area contributed by atoms with Crippen molar-refractivity contribution in [2.75, 3.05) is 12.4 Å². The number of hydrogen-bond donors (Lipinski definition) is 0. The highest BCUT2D eigenvalue weighted by Crippen LogP contribution is 1.96. The Labute approximate surface area is 65.7 Å². The SMILES string of the molecule is CC(C)OCCS(=O)(=O)Cl. The molecule has 0 N–H and O–H groups in total. The first-order valence-corrected chi connectivity index (χ1v) is 5.43. The van der Waals surface area contributed by atoms with Crippen molar-refractivity contribution in [3.63, 3.8) is 0 Å². The lowest BCUT2D eigenvalue weighted by Crippen LogP contribution is -2.10. The van der Waals surface area contributed by atoms with Gasteiger partial charge >= 0.3 is 0 Å². The summed E-state index contributed by atoms with van der Waals surface area (Å²) < 4.78 is 25.6. The number of hydrogen-bond acceptors (Lipinski definition) is 3. The van der Waals surface area contributed by atoms with Crippen molar-refractivity contribution in [3.05, 3.63) is 0 Å². The van der Waals surface area contributed by atoms with Crippen LogP contribution in [0.2, 0.25) is 0 Å². The van der Waals surface area contributed by atoms with Crippen molar-refractivity contribution in [1.29, 1.82) is 0 Å². The second kappa shape index (κ2) is 4.16. The molecule has 0 amide bonds. The molecule has 0 aromatic carbocycles. The molecule has 0 unspecified atom stereocenters. The van der Waals surface area contributed by atoms with Crippen LogP contribution < -0.4 is 0 Å². The smallest absolute Gasteiger partial charge is 0.234 e. The topological polar surface area (TPSA) is 43.4 Å². The summed E-state index contributed by atoms with van der Waals surface area (Å²) in [6, 6.07) is 0. The highest BCUT2D eigenvalue weighted by atomic mass is 35.7. The lowest BCUT2D eigenvalue weighted by atomic mass is 10.5. The van der Waals surface area contributed by atoms with Gasteiger partial charge in [0.25, 0.3) is 0 Å². The molecule has 5 heteroatoms. The zero-order valence-electron chi connectivity index (χ0n) is 6.00. The van der Waals surface area contributed by atoms with Crippen LogP contribution >= 0.6 is 10.7 Å². The lowest BCUT2D eigenvalue weighted by molar-refractivity contribution is 0.0914. The first kappa shape index (κ1) is 10.2. The molecule has 0 fully saturated rings. The van der Waals surface area contributed by atoms with Gasteiger partial charge in [0.05, 0.1) is 18.5 Å². The van der Waals surface area contributed by atoms with Crippen LogP contribution in [0.5, 0.6) is 0 Å². The van der Waals surface area contributed by atoms with Gasteiger partial charge in [0.2, 0.25) is 9.05 Å². The molecular weight excluding hydrogens is 176 g/mol. The average Bonchev–Trinajstić information content (AvgIpc) is 1.59. The zero-order valence-corrected chi connectivity index (χ0v) is 7.57. The summed E-state index contributed by atoms with van der Waals surface area (Å²) in [4.78, 5) is 0. The molecule has 0 aromatic heterocycles. The molecule has 0 saturated heterocycles. The Bertz CT molecular complexity index is 173. The number of rotatable bonds is 4. The molecule has 0 bridgehead atoms. The van der Waals surface area contributed by atoms with Crippen molar-refractivity contribution >= 4 is 19.7 Å². The van der Waals surface area contributed by atoms with E-state index in [1.807, 2.05) is 13.8 Å². The number of halogens is 1. The Balaban J connectivity index is 3.39. The van der Waals surface area contributed by atoms with Gasteiger partial charge in [0.1, 0.15) is 0 Å². The van der Waals surface area contributed by atoms with Crippen LogP contribution in [0.3, 0.4) is 0 Å². The third-order valence-corrected chi connectivity index (χ3v) is 1.90. The van der Waals surface area contributed by atoms with Crippen LogP contribution in [0.25, 0.3) is 0 Å². The first-order valence-electron chi connectivity index (χ1n) is 2.96. The summed E-state index contributed by atoms with van der Waals surface area (Å²) in [5, 5.41) is 0. The molecule has 0 radical (unpaired) electrons. The van der Waals surface area contributed by atoms with Gasteiger partial charge in [0.15, 0.2) is 0 Å². The van der Waals surface area contributed by atoms with Crippen LogP contribution in [-0.4, -0.2) is 26.9 Å². The van der Waals surface area contributed by atoms with Crippen molar-refractivity contribution in [1.82, 2.24) is 0 Å². The van der Waals surface area contributed by atoms with E-state index in [1.54, 1.807) is 0 Å². The molecule has 10 heavy (non-hydrogen) atoms. The quantitative estimate of drug-likeness (QED) is 0.615. The average molecular weight is 187 g/mol. The van der Waals surface area contributed by atoms with Gasteiger partial charge in [-0.05, 0) is 13.8 Å². The third kappa shape index (κ3) is 8.20. The van der Waals surface area contributed by atoms with E-state index in [9.17, 15) is 8.42 Å². The van der Waals surface area contributed by atoms with E-state index in [0.717, 1.165) is 0 Å². The Kier molecular flexibility index (Phi) is 4.24. The second-order valence-corrected chi connectivity index (χ2v) is 5.06. The van der Waals surface area contributed by atoms with E-state index in [1.165, 1.54) is 0 Å². The van der Waals surface area contributed by atoms with E-state index in [-0.39, 0.29) is 18.5 Å². The maximum Gasteiger partial charge on any atom is 0.234 e. The summed E-state index contributed by atoms with van der Waals surface area (Å²) in [7, 11) is 1.54. The molecule has 0 atom stereocenters.